The molecule has 0 saturated carbocycles. The van der Waals surface area contributed by atoms with Gasteiger partial charge in [-0.2, -0.15) is 9.78 Å². The monoisotopic (exact) mass is 333 g/mol. The predicted octanol–water partition coefficient (Wildman–Crippen LogP) is 3.73. The number of hydrogen-bond donors (Lipinski definition) is 1. The van der Waals surface area contributed by atoms with E-state index in [1.165, 1.54) is 24.4 Å². The summed E-state index contributed by atoms with van der Waals surface area (Å²) in [6.45, 7) is 0. The smallest absolute Gasteiger partial charge is 0.282 e. The van der Waals surface area contributed by atoms with Gasteiger partial charge in [0.1, 0.15) is 5.82 Å². The zero-order chi connectivity index (χ0) is 15.7. The molecule has 1 heterocycles. The summed E-state index contributed by atoms with van der Waals surface area (Å²) in [4.78, 5) is 15.3. The molecule has 3 rings (SSSR count). The fourth-order valence-electron chi connectivity index (χ4n) is 2.01. The van der Waals surface area contributed by atoms with Crippen LogP contribution in [0.5, 0.6) is 0 Å². The third-order valence-electron chi connectivity index (χ3n) is 3.09. The lowest BCUT2D eigenvalue weighted by Gasteiger charge is -2.03. The van der Waals surface area contributed by atoms with Gasteiger partial charge >= 0.3 is 0 Å². The van der Waals surface area contributed by atoms with Crippen LogP contribution in [-0.4, -0.2) is 15.9 Å². The van der Waals surface area contributed by atoms with Crippen molar-refractivity contribution in [2.75, 3.05) is 0 Å². The maximum Gasteiger partial charge on any atom is 0.282 e. The van der Waals surface area contributed by atoms with E-state index < -0.39 is 5.82 Å². The first-order valence-electron chi connectivity index (χ1n) is 6.30. The average Bonchev–Trinajstić information content (AvgIpc) is 2.49. The van der Waals surface area contributed by atoms with Crippen molar-refractivity contribution < 1.29 is 4.39 Å². The number of hydrogen-bond acceptors (Lipinski definition) is 3. The van der Waals surface area contributed by atoms with Crippen molar-refractivity contribution in [1.29, 1.82) is 0 Å². The molecular weight excluding hydrogens is 325 g/mol. The highest BCUT2D eigenvalue weighted by molar-refractivity contribution is 7.71. The molecular formula is C15H9ClFN3OS. The van der Waals surface area contributed by atoms with Crippen LogP contribution in [0.25, 0.3) is 10.9 Å². The Bertz CT molecular complexity index is 989. The van der Waals surface area contributed by atoms with Crippen molar-refractivity contribution in [2.24, 2.45) is 5.10 Å². The Kier molecular flexibility index (Phi) is 3.87. The molecule has 0 radical (unpaired) electrons. The van der Waals surface area contributed by atoms with Crippen molar-refractivity contribution in [1.82, 2.24) is 9.66 Å². The molecule has 4 nitrogen and oxygen atoms in total. The predicted molar refractivity (Wildman–Crippen MR) is 87.8 cm³/mol. The highest BCUT2D eigenvalue weighted by Gasteiger charge is 2.06. The molecule has 0 spiro atoms. The molecule has 0 saturated heterocycles. The molecule has 7 heteroatoms. The van der Waals surface area contributed by atoms with Gasteiger partial charge in [0.05, 0.1) is 22.1 Å². The number of halogens is 2. The highest BCUT2D eigenvalue weighted by Crippen LogP contribution is 2.16. The first kappa shape index (κ1) is 14.6. The van der Waals surface area contributed by atoms with Gasteiger partial charge in [0.15, 0.2) is 0 Å². The summed E-state index contributed by atoms with van der Waals surface area (Å²) in [6.07, 6.45) is 1.18. The first-order chi connectivity index (χ1) is 10.6. The van der Waals surface area contributed by atoms with Gasteiger partial charge in [0, 0.05) is 5.56 Å². The lowest BCUT2D eigenvalue weighted by atomic mass is 10.2. The van der Waals surface area contributed by atoms with E-state index in [1.807, 2.05) is 0 Å². The van der Waals surface area contributed by atoms with Crippen molar-refractivity contribution in [3.05, 3.63) is 74.0 Å². The molecule has 2 aromatic carbocycles. The molecule has 0 aliphatic carbocycles. The summed E-state index contributed by atoms with van der Waals surface area (Å²) in [6, 6.07) is 11.2. The molecule has 1 aromatic heterocycles. The SMILES string of the molecule is O=c1c2ccccc2[nH]c(=S)n1N=Cc1c(F)cccc1Cl. The third-order valence-corrected chi connectivity index (χ3v) is 3.69. The number of aromatic nitrogens is 2. The normalized spacial score (nSPS) is 11.4. The van der Waals surface area contributed by atoms with E-state index in [4.69, 9.17) is 23.8 Å². The number of aromatic amines is 1. The number of benzene rings is 2. The number of H-pyrrole nitrogens is 1. The van der Waals surface area contributed by atoms with Crippen molar-refractivity contribution in [3.8, 4) is 0 Å². The van der Waals surface area contributed by atoms with E-state index in [0.717, 1.165) is 4.68 Å². The lowest BCUT2D eigenvalue weighted by molar-refractivity contribution is 0.625. The second kappa shape index (κ2) is 5.82. The molecule has 3 aromatic rings. The van der Waals surface area contributed by atoms with Crippen LogP contribution < -0.4 is 5.56 Å². The minimum atomic E-state index is -0.528. The molecule has 0 atom stereocenters. The molecule has 0 aliphatic heterocycles. The summed E-state index contributed by atoms with van der Waals surface area (Å²) in [5.74, 6) is -0.528. The number of nitrogens with one attached hydrogen (secondary N) is 1. The fraction of sp³-hybridized carbons (Fsp3) is 0. The van der Waals surface area contributed by atoms with E-state index in [9.17, 15) is 9.18 Å². The van der Waals surface area contributed by atoms with E-state index in [1.54, 1.807) is 24.3 Å². The fourth-order valence-corrected chi connectivity index (χ4v) is 2.46. The van der Waals surface area contributed by atoms with Gasteiger partial charge in [0.25, 0.3) is 5.56 Å². The summed E-state index contributed by atoms with van der Waals surface area (Å²) >= 11 is 11.0. The summed E-state index contributed by atoms with van der Waals surface area (Å²) in [5, 5.41) is 4.61. The van der Waals surface area contributed by atoms with Crippen LogP contribution in [0.15, 0.2) is 52.4 Å². The maximum atomic E-state index is 13.7. The first-order valence-corrected chi connectivity index (χ1v) is 7.09. The Morgan fingerprint density at radius 3 is 2.77 bits per heavy atom. The Hall–Kier alpha value is -2.31. The maximum absolute atomic E-state index is 13.7. The molecule has 1 N–H and O–H groups in total. The second-order valence-corrected chi connectivity index (χ2v) is 5.27. The van der Waals surface area contributed by atoms with Crippen LogP contribution in [0, 0.1) is 10.6 Å². The Morgan fingerprint density at radius 2 is 2.00 bits per heavy atom. The largest absolute Gasteiger partial charge is 0.330 e. The van der Waals surface area contributed by atoms with Crippen LogP contribution in [0.2, 0.25) is 5.02 Å². The van der Waals surface area contributed by atoms with E-state index >= 15 is 0 Å². The molecule has 0 bridgehead atoms. The van der Waals surface area contributed by atoms with E-state index in [2.05, 4.69) is 10.1 Å². The molecule has 0 unspecified atom stereocenters. The van der Waals surface area contributed by atoms with Crippen LogP contribution in [-0.2, 0) is 0 Å². The third kappa shape index (κ3) is 2.58. The van der Waals surface area contributed by atoms with E-state index in [0.29, 0.717) is 10.9 Å². The van der Waals surface area contributed by atoms with Gasteiger partial charge in [-0.1, -0.05) is 29.8 Å². The Labute approximate surface area is 134 Å². The van der Waals surface area contributed by atoms with Crippen molar-refractivity contribution in [2.45, 2.75) is 0 Å². The molecule has 0 amide bonds. The molecule has 0 fully saturated rings. The zero-order valence-electron chi connectivity index (χ0n) is 11.1. The minimum absolute atomic E-state index is 0.0959. The number of rotatable bonds is 2. The van der Waals surface area contributed by atoms with Gasteiger partial charge in [-0.05, 0) is 36.5 Å². The second-order valence-electron chi connectivity index (χ2n) is 4.47. The number of para-hydroxylation sites is 1. The molecule has 0 aliphatic rings. The van der Waals surface area contributed by atoms with Crippen LogP contribution in [0.4, 0.5) is 4.39 Å². The van der Waals surface area contributed by atoms with Gasteiger partial charge in [-0.15, -0.1) is 0 Å². The number of fused-ring (bicyclic) bond motifs is 1. The topological polar surface area (TPSA) is 50.1 Å². The molecule has 22 heavy (non-hydrogen) atoms. The quantitative estimate of drug-likeness (QED) is 0.574. The average molecular weight is 334 g/mol. The van der Waals surface area contributed by atoms with Crippen LogP contribution >= 0.6 is 23.8 Å². The van der Waals surface area contributed by atoms with Crippen molar-refractivity contribution in [3.63, 3.8) is 0 Å². The Morgan fingerprint density at radius 1 is 1.23 bits per heavy atom. The lowest BCUT2D eigenvalue weighted by Crippen LogP contribution is -2.18. The van der Waals surface area contributed by atoms with E-state index in [-0.39, 0.29) is 20.9 Å². The summed E-state index contributed by atoms with van der Waals surface area (Å²) in [7, 11) is 0. The summed E-state index contributed by atoms with van der Waals surface area (Å²) in [5.41, 5.74) is 0.328. The molecule has 110 valence electrons. The number of nitrogens with zero attached hydrogens (tertiary/aromatic N) is 2. The van der Waals surface area contributed by atoms with Crippen LogP contribution in [0.1, 0.15) is 5.56 Å². The van der Waals surface area contributed by atoms with Gasteiger partial charge in [0.2, 0.25) is 4.77 Å². The zero-order valence-corrected chi connectivity index (χ0v) is 12.7. The van der Waals surface area contributed by atoms with Crippen molar-refractivity contribution >= 4 is 40.9 Å². The Balaban J connectivity index is 2.18. The van der Waals surface area contributed by atoms with Gasteiger partial charge < -0.3 is 4.98 Å². The van der Waals surface area contributed by atoms with Crippen LogP contribution in [0.3, 0.4) is 0 Å². The van der Waals surface area contributed by atoms with Gasteiger partial charge in [-0.25, -0.2) is 4.39 Å². The standard InChI is InChI=1S/C15H9ClFN3OS/c16-11-5-3-6-12(17)10(11)8-18-20-14(21)9-4-1-2-7-13(9)19-15(20)22/h1-8H,(H,19,22). The van der Waals surface area contributed by atoms with Gasteiger partial charge in [-0.3, -0.25) is 4.79 Å². The summed E-state index contributed by atoms with van der Waals surface area (Å²) < 4.78 is 14.8. The minimum Gasteiger partial charge on any atom is -0.330 e. The highest BCUT2D eigenvalue weighted by atomic mass is 35.5.